The van der Waals surface area contributed by atoms with Crippen LogP contribution in [0.4, 0.5) is 18.9 Å². The fraction of sp³-hybridized carbons (Fsp3) is 0.526. The van der Waals surface area contributed by atoms with Crippen molar-refractivity contribution in [1.29, 1.82) is 0 Å². The first-order valence-electron chi connectivity index (χ1n) is 8.49. The average molecular weight is 338 g/mol. The summed E-state index contributed by atoms with van der Waals surface area (Å²) in [7, 11) is 0. The lowest BCUT2D eigenvalue weighted by molar-refractivity contribution is -0.0932. The molecule has 0 atom stereocenters. The quantitative estimate of drug-likeness (QED) is 0.662. The Kier molecular flexibility index (Phi) is 5.73. The van der Waals surface area contributed by atoms with Crippen molar-refractivity contribution in [3.05, 3.63) is 40.6 Å². The summed E-state index contributed by atoms with van der Waals surface area (Å²) in [6.45, 7) is 7.60. The smallest absolute Gasteiger partial charge is 0.294 e. The van der Waals surface area contributed by atoms with Crippen LogP contribution in [0.25, 0.3) is 0 Å². The summed E-state index contributed by atoms with van der Waals surface area (Å²) in [6, 6.07) is 5.62. The van der Waals surface area contributed by atoms with E-state index in [1.807, 2.05) is 32.9 Å². The van der Waals surface area contributed by atoms with E-state index in [2.05, 4.69) is 4.99 Å². The molecule has 0 aromatic heterocycles. The molecule has 0 spiro atoms. The van der Waals surface area contributed by atoms with Gasteiger partial charge < -0.3 is 0 Å². The molecule has 1 aromatic rings. The number of allylic oxidation sites excluding steroid dienone is 1. The Bertz CT molecular complexity index is 657. The van der Waals surface area contributed by atoms with Crippen LogP contribution in [-0.4, -0.2) is 18.6 Å². The molecule has 1 aliphatic rings. The number of halogens is 3. The van der Waals surface area contributed by atoms with Gasteiger partial charge >= 0.3 is 6.18 Å². The van der Waals surface area contributed by atoms with E-state index in [0.29, 0.717) is 24.4 Å². The van der Waals surface area contributed by atoms with Gasteiger partial charge in [-0.05, 0) is 43.9 Å². The van der Waals surface area contributed by atoms with Crippen molar-refractivity contribution in [3.8, 4) is 0 Å². The second-order valence-electron chi connectivity index (χ2n) is 6.28. The highest BCUT2D eigenvalue weighted by Gasteiger charge is 2.43. The van der Waals surface area contributed by atoms with Crippen molar-refractivity contribution in [1.82, 2.24) is 0 Å². The van der Waals surface area contributed by atoms with Gasteiger partial charge in [0.25, 0.3) is 0 Å². The highest BCUT2D eigenvalue weighted by atomic mass is 19.4. The Morgan fingerprint density at radius 2 is 1.88 bits per heavy atom. The van der Waals surface area contributed by atoms with Crippen LogP contribution in [-0.2, 0) is 6.42 Å². The van der Waals surface area contributed by atoms with E-state index in [9.17, 15) is 13.2 Å². The molecule has 5 heteroatoms. The summed E-state index contributed by atoms with van der Waals surface area (Å²) in [4.78, 5) is 5.81. The molecule has 0 saturated heterocycles. The third kappa shape index (κ3) is 3.82. The number of aliphatic imine (C=N–C) groups is 1. The molecule has 1 heterocycles. The highest BCUT2D eigenvalue weighted by molar-refractivity contribution is 6.02. The standard InChI is InChI=1S/C19H25F3N2/c1-5-7-8-17-23-12-14(4)18(19(20,21)22)24(17)16-10-9-13(3)11-15(16)6-2/h9-11H,5-8,12H2,1-4H3. The first-order valence-corrected chi connectivity index (χ1v) is 8.49. The van der Waals surface area contributed by atoms with E-state index in [1.165, 1.54) is 11.8 Å². The second-order valence-corrected chi connectivity index (χ2v) is 6.28. The molecular weight excluding hydrogens is 313 g/mol. The molecular formula is C19H25F3N2. The molecule has 1 aliphatic heterocycles. The van der Waals surface area contributed by atoms with E-state index in [4.69, 9.17) is 0 Å². The Balaban J connectivity index is 2.60. The average Bonchev–Trinajstić information content (AvgIpc) is 2.52. The lowest BCUT2D eigenvalue weighted by atomic mass is 10.0. The maximum Gasteiger partial charge on any atom is 0.431 e. The molecule has 1 aromatic carbocycles. The molecule has 132 valence electrons. The van der Waals surface area contributed by atoms with Gasteiger partial charge in [0.05, 0.1) is 12.2 Å². The van der Waals surface area contributed by atoms with Crippen LogP contribution in [0.3, 0.4) is 0 Å². The van der Waals surface area contributed by atoms with Crippen LogP contribution in [0.5, 0.6) is 0 Å². The van der Waals surface area contributed by atoms with Gasteiger partial charge in [-0.25, -0.2) is 0 Å². The number of amidine groups is 1. The predicted octanol–water partition coefficient (Wildman–Crippen LogP) is 5.80. The van der Waals surface area contributed by atoms with Crippen molar-refractivity contribution < 1.29 is 13.2 Å². The zero-order valence-electron chi connectivity index (χ0n) is 14.8. The molecule has 0 radical (unpaired) electrons. The number of alkyl halides is 3. The van der Waals surface area contributed by atoms with Crippen molar-refractivity contribution in [2.45, 2.75) is 59.6 Å². The molecule has 0 amide bonds. The Morgan fingerprint density at radius 1 is 1.17 bits per heavy atom. The molecule has 0 saturated carbocycles. The van der Waals surface area contributed by atoms with Gasteiger partial charge in [0.1, 0.15) is 11.5 Å². The monoisotopic (exact) mass is 338 g/mol. The minimum Gasteiger partial charge on any atom is -0.294 e. The molecule has 0 unspecified atom stereocenters. The van der Waals surface area contributed by atoms with Gasteiger partial charge in [0, 0.05) is 6.42 Å². The normalized spacial score (nSPS) is 15.8. The van der Waals surface area contributed by atoms with Gasteiger partial charge in [-0.15, -0.1) is 0 Å². The van der Waals surface area contributed by atoms with Crippen molar-refractivity contribution in [3.63, 3.8) is 0 Å². The Morgan fingerprint density at radius 3 is 2.46 bits per heavy atom. The number of nitrogens with zero attached hydrogens (tertiary/aromatic N) is 2. The van der Waals surface area contributed by atoms with Gasteiger partial charge in [0.15, 0.2) is 0 Å². The second kappa shape index (κ2) is 7.41. The summed E-state index contributed by atoms with van der Waals surface area (Å²) in [6.07, 6.45) is -1.41. The SMILES string of the molecule is CCCCC1=NCC(C)=C(C(F)(F)F)N1c1ccc(C)cc1CC. The zero-order chi connectivity index (χ0) is 17.9. The predicted molar refractivity (Wildman–Crippen MR) is 93.6 cm³/mol. The maximum atomic E-state index is 13.8. The summed E-state index contributed by atoms with van der Waals surface area (Å²) in [5.41, 5.74) is 2.27. The Hall–Kier alpha value is -1.78. The fourth-order valence-corrected chi connectivity index (χ4v) is 3.04. The topological polar surface area (TPSA) is 15.6 Å². The molecule has 0 N–H and O–H groups in total. The molecule has 24 heavy (non-hydrogen) atoms. The number of rotatable bonds is 5. The largest absolute Gasteiger partial charge is 0.431 e. The van der Waals surface area contributed by atoms with E-state index < -0.39 is 11.9 Å². The van der Waals surface area contributed by atoms with Gasteiger partial charge in [0.2, 0.25) is 0 Å². The first kappa shape index (κ1) is 18.6. The van der Waals surface area contributed by atoms with E-state index in [0.717, 1.165) is 24.0 Å². The van der Waals surface area contributed by atoms with Gasteiger partial charge in [-0.3, -0.25) is 9.89 Å². The number of anilines is 1. The minimum absolute atomic E-state index is 0.123. The lowest BCUT2D eigenvalue weighted by Gasteiger charge is -2.35. The van der Waals surface area contributed by atoms with Gasteiger partial charge in [-0.1, -0.05) is 38.0 Å². The Labute approximate surface area is 142 Å². The van der Waals surface area contributed by atoms with Gasteiger partial charge in [-0.2, -0.15) is 13.2 Å². The number of hydrogen-bond acceptors (Lipinski definition) is 2. The maximum absolute atomic E-state index is 13.8. The van der Waals surface area contributed by atoms with Crippen LogP contribution in [0, 0.1) is 6.92 Å². The fourth-order valence-electron chi connectivity index (χ4n) is 3.04. The highest BCUT2D eigenvalue weighted by Crippen LogP contribution is 2.39. The third-order valence-electron chi connectivity index (χ3n) is 4.26. The van der Waals surface area contributed by atoms with E-state index in [-0.39, 0.29) is 12.1 Å². The number of hydrogen-bond donors (Lipinski definition) is 0. The number of benzene rings is 1. The summed E-state index contributed by atoms with van der Waals surface area (Å²) in [5.74, 6) is 0.522. The third-order valence-corrected chi connectivity index (χ3v) is 4.26. The van der Waals surface area contributed by atoms with E-state index >= 15 is 0 Å². The number of unbranched alkanes of at least 4 members (excludes halogenated alkanes) is 1. The summed E-state index contributed by atoms with van der Waals surface area (Å²) < 4.78 is 41.4. The molecule has 2 rings (SSSR count). The van der Waals surface area contributed by atoms with Crippen LogP contribution in [0.15, 0.2) is 34.5 Å². The first-order chi connectivity index (χ1) is 11.3. The summed E-state index contributed by atoms with van der Waals surface area (Å²) >= 11 is 0. The van der Waals surface area contributed by atoms with Crippen LogP contribution >= 0.6 is 0 Å². The van der Waals surface area contributed by atoms with Crippen molar-refractivity contribution in [2.24, 2.45) is 4.99 Å². The van der Waals surface area contributed by atoms with Crippen LogP contribution in [0.1, 0.15) is 51.2 Å². The molecule has 2 nitrogen and oxygen atoms in total. The molecule has 0 aliphatic carbocycles. The van der Waals surface area contributed by atoms with Crippen molar-refractivity contribution >= 4 is 11.5 Å². The van der Waals surface area contributed by atoms with Crippen molar-refractivity contribution in [2.75, 3.05) is 11.4 Å². The van der Waals surface area contributed by atoms with E-state index in [1.54, 1.807) is 6.07 Å². The molecule has 0 bridgehead atoms. The zero-order valence-corrected chi connectivity index (χ0v) is 14.8. The minimum atomic E-state index is -4.40. The van der Waals surface area contributed by atoms with Crippen LogP contribution in [0.2, 0.25) is 0 Å². The number of aryl methyl sites for hydroxylation is 2. The molecule has 0 fully saturated rings. The van der Waals surface area contributed by atoms with Crippen LogP contribution < -0.4 is 4.90 Å². The summed E-state index contributed by atoms with van der Waals surface area (Å²) in [5, 5.41) is 0. The lowest BCUT2D eigenvalue weighted by Crippen LogP contribution is -2.41.